The van der Waals surface area contributed by atoms with Gasteiger partial charge < -0.3 is 19.8 Å². The molecule has 3 N–H and O–H groups in total. The number of nitrogens with zero attached hydrogens (tertiary/aromatic N) is 1. The fraction of sp³-hybridized carbons (Fsp3) is 0.921. The van der Waals surface area contributed by atoms with Gasteiger partial charge in [0, 0.05) is 6.42 Å². The Bertz CT molecular complexity index is 789. The number of rotatable bonds is 35. The highest BCUT2D eigenvalue weighted by Crippen LogP contribution is 2.43. The predicted molar refractivity (Wildman–Crippen MR) is 198 cm³/mol. The molecule has 0 aromatic rings. The van der Waals surface area contributed by atoms with E-state index in [1.54, 1.807) is 0 Å². The number of unbranched alkanes of at least 4 members (excludes halogenated alkanes) is 20. The van der Waals surface area contributed by atoms with Gasteiger partial charge in [-0.3, -0.25) is 13.8 Å². The van der Waals surface area contributed by atoms with Gasteiger partial charge in [0.2, 0.25) is 5.91 Å². The molecule has 0 aliphatic heterocycles. The molecular formula is C38H78N2O6P+. The quantitative estimate of drug-likeness (QED) is 0.0265. The van der Waals surface area contributed by atoms with Crippen molar-refractivity contribution in [2.45, 2.75) is 187 Å². The van der Waals surface area contributed by atoms with Crippen molar-refractivity contribution in [2.24, 2.45) is 0 Å². The summed E-state index contributed by atoms with van der Waals surface area (Å²) in [5.41, 5.74) is 0. The van der Waals surface area contributed by atoms with E-state index in [4.69, 9.17) is 9.05 Å². The smallest absolute Gasteiger partial charge is 0.391 e. The minimum Gasteiger partial charge on any atom is -0.391 e. The Morgan fingerprint density at radius 2 is 1.15 bits per heavy atom. The summed E-state index contributed by atoms with van der Waals surface area (Å²) in [6.45, 7) is 4.85. The summed E-state index contributed by atoms with van der Waals surface area (Å²) >= 11 is 0. The fourth-order valence-corrected chi connectivity index (χ4v) is 6.30. The van der Waals surface area contributed by atoms with Gasteiger partial charge in [0.05, 0.1) is 39.9 Å². The monoisotopic (exact) mass is 690 g/mol. The van der Waals surface area contributed by atoms with Crippen molar-refractivity contribution in [3.8, 4) is 0 Å². The van der Waals surface area contributed by atoms with Crippen LogP contribution in [-0.4, -0.2) is 73.4 Å². The van der Waals surface area contributed by atoms with E-state index in [1.807, 2.05) is 21.1 Å². The van der Waals surface area contributed by atoms with E-state index < -0.39 is 20.0 Å². The molecule has 47 heavy (non-hydrogen) atoms. The highest BCUT2D eigenvalue weighted by molar-refractivity contribution is 7.47. The van der Waals surface area contributed by atoms with Crippen molar-refractivity contribution in [1.29, 1.82) is 0 Å². The second kappa shape index (κ2) is 31.2. The first-order valence-electron chi connectivity index (χ1n) is 19.6. The maximum absolute atomic E-state index is 12.8. The molecule has 0 bridgehead atoms. The van der Waals surface area contributed by atoms with E-state index in [9.17, 15) is 19.4 Å². The zero-order valence-electron chi connectivity index (χ0n) is 31.5. The zero-order valence-corrected chi connectivity index (χ0v) is 32.4. The van der Waals surface area contributed by atoms with Crippen molar-refractivity contribution >= 4 is 13.7 Å². The van der Waals surface area contributed by atoms with Crippen LogP contribution in [0.25, 0.3) is 0 Å². The molecule has 0 aliphatic carbocycles. The molecule has 0 saturated carbocycles. The lowest BCUT2D eigenvalue weighted by Crippen LogP contribution is -2.46. The third kappa shape index (κ3) is 33.5. The van der Waals surface area contributed by atoms with Crippen LogP contribution in [-0.2, 0) is 18.4 Å². The molecule has 0 aromatic carbocycles. The topological polar surface area (TPSA) is 105 Å². The van der Waals surface area contributed by atoms with Crippen molar-refractivity contribution in [2.75, 3.05) is 40.9 Å². The molecule has 8 nitrogen and oxygen atoms in total. The van der Waals surface area contributed by atoms with Gasteiger partial charge in [-0.2, -0.15) is 0 Å². The lowest BCUT2D eigenvalue weighted by molar-refractivity contribution is -0.870. The Morgan fingerprint density at radius 1 is 0.702 bits per heavy atom. The lowest BCUT2D eigenvalue weighted by atomic mass is 10.0. The largest absolute Gasteiger partial charge is 0.472 e. The van der Waals surface area contributed by atoms with Gasteiger partial charge >= 0.3 is 7.82 Å². The molecular weight excluding hydrogens is 611 g/mol. The van der Waals surface area contributed by atoms with Gasteiger partial charge in [0.15, 0.2) is 0 Å². The molecule has 3 unspecified atom stereocenters. The molecule has 0 saturated heterocycles. The first-order chi connectivity index (χ1) is 22.5. The van der Waals surface area contributed by atoms with Crippen LogP contribution in [0.15, 0.2) is 12.2 Å². The SMILES string of the molecule is CCCCCCCC/C=C\CCCCCC(=O)NC(COP(=O)(O)OCC[N+](C)(C)C)C(O)CCCCCCCCCCCCCC. The number of phosphoric ester groups is 1. The fourth-order valence-electron chi connectivity index (χ4n) is 5.57. The third-order valence-corrected chi connectivity index (χ3v) is 9.75. The Morgan fingerprint density at radius 3 is 1.64 bits per heavy atom. The van der Waals surface area contributed by atoms with Crippen LogP contribution in [0.3, 0.4) is 0 Å². The van der Waals surface area contributed by atoms with Crippen molar-refractivity contribution in [3.05, 3.63) is 12.2 Å². The summed E-state index contributed by atoms with van der Waals surface area (Å²) in [4.78, 5) is 23.0. The summed E-state index contributed by atoms with van der Waals surface area (Å²) < 4.78 is 23.5. The lowest BCUT2D eigenvalue weighted by Gasteiger charge is -2.26. The summed E-state index contributed by atoms with van der Waals surface area (Å²) in [6, 6.07) is -0.761. The van der Waals surface area contributed by atoms with E-state index in [-0.39, 0.29) is 19.1 Å². The molecule has 0 aliphatic rings. The number of hydrogen-bond donors (Lipinski definition) is 3. The number of aliphatic hydroxyl groups excluding tert-OH is 1. The Hall–Kier alpha value is -0.760. The van der Waals surface area contributed by atoms with E-state index in [1.165, 1.54) is 96.3 Å². The maximum Gasteiger partial charge on any atom is 0.472 e. The van der Waals surface area contributed by atoms with Crippen molar-refractivity contribution < 1.29 is 32.9 Å². The van der Waals surface area contributed by atoms with Crippen LogP contribution in [0.2, 0.25) is 0 Å². The van der Waals surface area contributed by atoms with Gasteiger partial charge in [0.1, 0.15) is 13.2 Å². The molecule has 3 atom stereocenters. The second-order valence-corrected chi connectivity index (χ2v) is 16.1. The molecule has 0 aromatic heterocycles. The molecule has 1 amide bonds. The highest BCUT2D eigenvalue weighted by Gasteiger charge is 2.28. The van der Waals surface area contributed by atoms with Gasteiger partial charge in [-0.1, -0.05) is 142 Å². The van der Waals surface area contributed by atoms with Crippen molar-refractivity contribution in [3.63, 3.8) is 0 Å². The van der Waals surface area contributed by atoms with E-state index >= 15 is 0 Å². The van der Waals surface area contributed by atoms with Crippen LogP contribution in [0.4, 0.5) is 0 Å². The number of likely N-dealkylation sites (N-methyl/N-ethyl adjacent to an activating group) is 1. The molecule has 9 heteroatoms. The number of hydrogen-bond acceptors (Lipinski definition) is 5. The molecule has 280 valence electrons. The van der Waals surface area contributed by atoms with E-state index in [0.29, 0.717) is 23.9 Å². The van der Waals surface area contributed by atoms with Crippen LogP contribution in [0, 0.1) is 0 Å². The average Bonchev–Trinajstić information content (AvgIpc) is 3.01. The Labute approximate surface area is 291 Å². The van der Waals surface area contributed by atoms with Gasteiger partial charge in [-0.05, 0) is 38.5 Å². The van der Waals surface area contributed by atoms with Gasteiger partial charge in [-0.25, -0.2) is 4.57 Å². The average molecular weight is 690 g/mol. The molecule has 0 fully saturated rings. The van der Waals surface area contributed by atoms with Crippen LogP contribution in [0.5, 0.6) is 0 Å². The number of carbonyl (C=O) groups is 1. The van der Waals surface area contributed by atoms with E-state index in [0.717, 1.165) is 51.4 Å². The second-order valence-electron chi connectivity index (χ2n) is 14.7. The number of nitrogens with one attached hydrogen (secondary N) is 1. The first kappa shape index (κ1) is 46.2. The standard InChI is InChI=1S/C38H77N2O6P/c1-6-8-10-12-14-16-18-20-22-24-26-28-30-32-38(42)39-36(35-46-47(43,44)45-34-33-40(3,4)5)37(41)31-29-27-25-23-21-19-17-15-13-11-9-7-2/h20,22,36-37,41H,6-19,21,23-35H2,1-5H3,(H-,39,42,43,44)/p+1/b22-20-. The summed E-state index contributed by atoms with van der Waals surface area (Å²) in [7, 11) is 1.61. The number of quaternary nitrogens is 1. The minimum absolute atomic E-state index is 0.0734. The van der Waals surface area contributed by atoms with Gasteiger partial charge in [0.25, 0.3) is 0 Å². The molecule has 0 spiro atoms. The highest BCUT2D eigenvalue weighted by atomic mass is 31.2. The van der Waals surface area contributed by atoms with Crippen LogP contribution >= 0.6 is 7.82 Å². The number of carbonyl (C=O) groups excluding carboxylic acids is 1. The zero-order chi connectivity index (χ0) is 35.1. The Kier molecular flexibility index (Phi) is 30.7. The molecule has 0 heterocycles. The Balaban J connectivity index is 4.48. The first-order valence-corrected chi connectivity index (χ1v) is 21.0. The number of amides is 1. The maximum atomic E-state index is 12.8. The summed E-state index contributed by atoms with van der Waals surface area (Å²) in [5.74, 6) is -0.162. The minimum atomic E-state index is -4.30. The van der Waals surface area contributed by atoms with Gasteiger partial charge in [-0.15, -0.1) is 0 Å². The normalized spacial score (nSPS) is 14.8. The number of allylic oxidation sites excluding steroid dienone is 2. The third-order valence-electron chi connectivity index (χ3n) is 8.76. The summed E-state index contributed by atoms with van der Waals surface area (Å²) in [5, 5.41) is 13.9. The number of phosphoric acid groups is 1. The molecule has 0 rings (SSSR count). The van der Waals surface area contributed by atoms with Crippen LogP contribution in [0.1, 0.15) is 174 Å². The van der Waals surface area contributed by atoms with Crippen molar-refractivity contribution in [1.82, 2.24) is 5.32 Å². The summed E-state index contributed by atoms with van der Waals surface area (Å²) in [6.07, 6.45) is 32.3. The predicted octanol–water partition coefficient (Wildman–Crippen LogP) is 10.0. The van der Waals surface area contributed by atoms with Crippen LogP contribution < -0.4 is 5.32 Å². The number of aliphatic hydroxyl groups is 1. The van der Waals surface area contributed by atoms with E-state index in [2.05, 4.69) is 31.3 Å². The molecule has 0 radical (unpaired) electrons.